The molecule has 1 saturated heterocycles. The van der Waals surface area contributed by atoms with Gasteiger partial charge in [0.05, 0.1) is 65.3 Å². The maximum atomic E-state index is 15.3. The van der Waals surface area contributed by atoms with E-state index in [1.165, 1.54) is 115 Å². The summed E-state index contributed by atoms with van der Waals surface area (Å²) in [4.78, 5) is 184. The fourth-order valence-corrected chi connectivity index (χ4v) is 16.1. The summed E-state index contributed by atoms with van der Waals surface area (Å²) in [6.45, 7) is 3.45. The van der Waals surface area contributed by atoms with Crippen molar-refractivity contribution in [2.75, 3.05) is 78.0 Å². The second-order valence-corrected chi connectivity index (χ2v) is 31.5. The number of carbonyl (C=O) groups excluding carboxylic acids is 11. The summed E-state index contributed by atoms with van der Waals surface area (Å²) < 4.78 is 51.5. The van der Waals surface area contributed by atoms with Crippen LogP contribution in [-0.4, -0.2) is 216 Å². The van der Waals surface area contributed by atoms with Gasteiger partial charge in [-0.15, -0.1) is 0 Å². The van der Waals surface area contributed by atoms with Gasteiger partial charge in [-0.05, 0) is 127 Å². The third kappa shape index (κ3) is 27.8. The molecule has 2 bridgehead atoms. The highest BCUT2D eigenvalue weighted by Gasteiger charge is 2.49. The fourth-order valence-electron chi connectivity index (χ4n) is 14.1. The number of carboxylic acids is 1. The average molecular weight is 1640 g/mol. The van der Waals surface area contributed by atoms with E-state index in [2.05, 4.69) is 46.9 Å². The van der Waals surface area contributed by atoms with E-state index >= 15 is 32.8 Å². The zero-order valence-electron chi connectivity index (χ0n) is 65.1. The Balaban J connectivity index is 0.999. The molecule has 0 spiro atoms. The van der Waals surface area contributed by atoms with Gasteiger partial charge in [-0.2, -0.15) is 23.5 Å². The van der Waals surface area contributed by atoms with Crippen LogP contribution < -0.4 is 37.6 Å². The number of amides is 8. The number of carboxylic acid groups (broad SMARTS) is 1. The molecule has 0 unspecified atom stereocenters. The molecule has 3 aliphatic heterocycles. The van der Waals surface area contributed by atoms with E-state index in [1.807, 2.05) is 24.3 Å². The van der Waals surface area contributed by atoms with E-state index < -0.39 is 156 Å². The van der Waals surface area contributed by atoms with E-state index in [9.17, 15) is 43.8 Å². The Labute approximate surface area is 679 Å². The van der Waals surface area contributed by atoms with Gasteiger partial charge in [0, 0.05) is 146 Å². The molecular formula is C83H103F2N11O18S2. The van der Waals surface area contributed by atoms with E-state index in [0.717, 1.165) is 11.1 Å². The van der Waals surface area contributed by atoms with Gasteiger partial charge in [0.25, 0.3) is 0 Å². The van der Waals surface area contributed by atoms with Crippen LogP contribution in [0.25, 0.3) is 21.8 Å². The summed E-state index contributed by atoms with van der Waals surface area (Å²) in [5.74, 6) is -12.6. The van der Waals surface area contributed by atoms with Gasteiger partial charge in [-0.3, -0.25) is 62.5 Å². The van der Waals surface area contributed by atoms with Crippen LogP contribution in [0.2, 0.25) is 0 Å². The van der Waals surface area contributed by atoms with Gasteiger partial charge in [0.2, 0.25) is 47.3 Å². The van der Waals surface area contributed by atoms with Crippen molar-refractivity contribution in [2.45, 2.75) is 163 Å². The molecule has 8 amide bonds. The number of nitrogens with two attached hydrogens (primary N) is 1. The first-order valence-electron chi connectivity index (χ1n) is 38.9. The molecule has 0 saturated carbocycles. The number of rotatable bonds is 29. The highest BCUT2D eigenvalue weighted by atomic mass is 32.2. The summed E-state index contributed by atoms with van der Waals surface area (Å²) in [5, 5.41) is 37.7. The number of halogens is 2. The molecule has 8 atom stereocenters. The smallest absolute Gasteiger partial charge is 0.305 e. The summed E-state index contributed by atoms with van der Waals surface area (Å²) in [6.07, 6.45) is 5.02. The topological polar surface area (TPSA) is 428 Å². The number of nitrogens with one attached hydrogen (secondary N) is 8. The van der Waals surface area contributed by atoms with Crippen molar-refractivity contribution in [3.05, 3.63) is 149 Å². The predicted molar refractivity (Wildman–Crippen MR) is 432 cm³/mol. The number of phenols is 1. The number of ketones is 3. The van der Waals surface area contributed by atoms with Crippen molar-refractivity contribution < 1.29 is 95.5 Å². The van der Waals surface area contributed by atoms with Gasteiger partial charge in [0.1, 0.15) is 52.9 Å². The molecule has 29 nitrogen and oxygen atoms in total. The van der Waals surface area contributed by atoms with Crippen LogP contribution in [0.3, 0.4) is 0 Å². The number of benzene rings is 4. The summed E-state index contributed by atoms with van der Waals surface area (Å²) >= 11 is 2.78. The minimum absolute atomic E-state index is 0.0203. The zero-order valence-corrected chi connectivity index (χ0v) is 66.8. The third-order valence-corrected chi connectivity index (χ3v) is 22.7. The van der Waals surface area contributed by atoms with E-state index in [-0.39, 0.29) is 99.2 Å². The van der Waals surface area contributed by atoms with Crippen molar-refractivity contribution in [3.63, 3.8) is 0 Å². The minimum atomic E-state index is -1.92. The second-order valence-electron chi connectivity index (χ2n) is 29.4. The lowest BCUT2D eigenvalue weighted by atomic mass is 9.89. The molecule has 6 aromatic rings. The number of methoxy groups -OCH3 is 1. The summed E-state index contributed by atoms with van der Waals surface area (Å²) in [5.41, 5.74) is 8.68. The van der Waals surface area contributed by atoms with Crippen LogP contribution in [0.5, 0.6) is 5.75 Å². The van der Waals surface area contributed by atoms with Crippen molar-refractivity contribution in [1.29, 1.82) is 0 Å². The molecule has 0 aliphatic carbocycles. The number of carbonyl (C=O) groups is 12. The highest BCUT2D eigenvalue weighted by molar-refractivity contribution is 7.98. The molecule has 4 aromatic carbocycles. The van der Waals surface area contributed by atoms with Crippen LogP contribution in [0.15, 0.2) is 114 Å². The molecular weight excluding hydrogens is 1540 g/mol. The molecule has 1 fully saturated rings. The number of primary amides is 1. The number of nitrogens with zero attached hydrogens (tertiary/aromatic N) is 2. The predicted octanol–water partition coefficient (Wildman–Crippen LogP) is 6.62. The lowest BCUT2D eigenvalue weighted by Crippen LogP contribution is -2.62. The summed E-state index contributed by atoms with van der Waals surface area (Å²) in [7, 11) is 1.58. The number of aromatic hydroxyl groups is 1. The van der Waals surface area contributed by atoms with Crippen LogP contribution in [0.1, 0.15) is 125 Å². The molecule has 12 N–H and O–H groups in total. The zero-order chi connectivity index (χ0) is 83.1. The maximum Gasteiger partial charge on any atom is 0.305 e. The number of aromatic nitrogens is 2. The normalized spacial score (nSPS) is 21.9. The first kappa shape index (κ1) is 89.7. The van der Waals surface area contributed by atoms with Gasteiger partial charge >= 0.3 is 5.97 Å². The van der Waals surface area contributed by atoms with Crippen LogP contribution in [0, 0.1) is 23.5 Å². The number of allylic oxidation sites excluding steroid dienone is 1. The number of unbranched alkanes of at least 4 members (excludes halogenated alkanes) is 2. The highest BCUT2D eigenvalue weighted by Crippen LogP contribution is 2.33. The van der Waals surface area contributed by atoms with Gasteiger partial charge < -0.3 is 81.7 Å². The van der Waals surface area contributed by atoms with E-state index in [0.29, 0.717) is 116 Å². The number of hydrogen-bond donors (Lipinski definition) is 11. The number of ether oxygens (including phenoxy) is 4. The van der Waals surface area contributed by atoms with E-state index in [1.54, 1.807) is 13.3 Å². The third-order valence-electron chi connectivity index (χ3n) is 20.5. The Kier molecular flexibility index (Phi) is 35.1. The number of aliphatic imine (C=N–C) groups is 1. The molecule has 33 heteroatoms. The lowest BCUT2D eigenvalue weighted by molar-refractivity contribution is -0.147. The number of hydrogen-bond acceptors (Lipinski definition) is 20. The van der Waals surface area contributed by atoms with Gasteiger partial charge in [0.15, 0.2) is 11.6 Å². The molecule has 116 heavy (non-hydrogen) atoms. The van der Waals surface area contributed by atoms with Crippen LogP contribution in [-0.2, 0) is 107 Å². The van der Waals surface area contributed by atoms with Crippen molar-refractivity contribution in [2.24, 2.45) is 22.6 Å². The Morgan fingerprint density at radius 3 is 1.93 bits per heavy atom. The van der Waals surface area contributed by atoms with Gasteiger partial charge in [-0.1, -0.05) is 49.2 Å². The number of aromatic amines is 2. The largest absolute Gasteiger partial charge is 0.508 e. The molecule has 624 valence electrons. The second kappa shape index (κ2) is 45.4. The molecule has 2 aromatic heterocycles. The van der Waals surface area contributed by atoms with Crippen LogP contribution in [0.4, 0.5) is 8.78 Å². The molecule has 0 radical (unpaired) electrons. The number of Topliss-reactive ketones (excluding diaryl/α,β-unsaturated/α-hetero) is 3. The number of thioether (sulfide) groups is 2. The SMILES string of the molecule is COCCOCCOCCOCCC(=O)CCCCC[C@@H]1NC(=O)CCSCc2cccc(c2)CSC[C@@H](C(N)=O)NC(=O)[C@]2(C)CCCN2C(=O)[C@H](Cc2ccc(O)cc2)NC(=O)[C@H](CC2=CN=CC2)CC(=O)[C@H](CC(=O)O)NC(=O)[C@H](Cc2c[nH]c3ccc(F)cc23)NC(=O)[C@H](Cc2c[nH]c3ccc(F)cc23)CC(=O)CNC1=O. The van der Waals surface area contributed by atoms with Gasteiger partial charge in [-0.25, -0.2) is 8.78 Å². The Hall–Kier alpha value is -10.2. The van der Waals surface area contributed by atoms with Crippen LogP contribution >= 0.6 is 23.5 Å². The first-order valence-corrected chi connectivity index (χ1v) is 41.3. The van der Waals surface area contributed by atoms with Crippen molar-refractivity contribution in [3.8, 4) is 5.75 Å². The average Bonchev–Trinajstić information content (AvgIpc) is 1.59. The monoisotopic (exact) mass is 1640 g/mol. The summed E-state index contributed by atoms with van der Waals surface area (Å²) in [6, 6.07) is 13.7. The number of fused-ring (bicyclic) bond motifs is 5. The molecule has 3 aliphatic rings. The Morgan fingerprint density at radius 1 is 0.655 bits per heavy atom. The van der Waals surface area contributed by atoms with E-state index in [4.69, 9.17) is 24.7 Å². The molecule has 9 rings (SSSR count). The standard InChI is InChI=1S/C83H103F2N11O18S2/c1-83-23-7-25-96(83)81(109)71(36-51-12-16-62(98)17-13-51)94-77(105)55(35-52-20-24-87-44-52)40-73(100)69(43-75(102)103)92-80(108)70(39-58-46-89-67-19-15-60(85)42-65(58)67)93-78(106)56(37-57-45-88-66-18-14-59(84)41-64(57)66)38-63(99)47-90-79(107)68(11-5-3-4-10-61(97)21-26-112-29-30-114-32-31-113-28-27-111-2)91-74(101)22-33-115-48-53-8-6-9-54(34-53)49-116-50-72(76(86)104)95-82(83)110/h6,8-9,12-19,24,34,41-42,44-46,55-56,68-72,88-89,98H,3-5,7,10-11,20-23,25-33,35-40,43,47-50H2,1-2H3,(H2,86,104)(H,90,107)(H,91,101)(H,92,108)(H,93,106)(H,94,105)(H,95,110)(H,102,103)/t55-,56-,68+,69+,70+,71+,72+,83+/m1/s1. The quantitative estimate of drug-likeness (QED) is 0.0220. The Bertz CT molecular complexity index is 4500. The Morgan fingerprint density at radius 2 is 1.28 bits per heavy atom. The first-order chi connectivity index (χ1) is 55.8. The molecule has 5 heterocycles. The van der Waals surface area contributed by atoms with Crippen molar-refractivity contribution in [1.82, 2.24) is 46.8 Å². The maximum absolute atomic E-state index is 15.3. The fraction of sp³-hybridized carbons (Fsp3) is 0.482. The number of phenolic OH excluding ortho intramolecular Hbond substituents is 1. The lowest BCUT2D eigenvalue weighted by Gasteiger charge is -2.37. The number of aliphatic carboxylic acids is 1. The minimum Gasteiger partial charge on any atom is -0.508 e. The van der Waals surface area contributed by atoms with Crippen molar-refractivity contribution >= 4 is 122 Å². The number of H-pyrrole nitrogens is 2.